The number of rotatable bonds is 2. The molecule has 0 atom stereocenters. The molecule has 0 saturated carbocycles. The van der Waals surface area contributed by atoms with Crippen LogP contribution < -0.4 is 0 Å². The molecule has 2 heterocycles. The topological polar surface area (TPSA) is 52.6 Å². The molecule has 0 aromatic carbocycles. The van der Waals surface area contributed by atoms with E-state index in [4.69, 9.17) is 9.47 Å². The van der Waals surface area contributed by atoms with Crippen LogP contribution in [0.25, 0.3) is 6.08 Å². The lowest BCUT2D eigenvalue weighted by Crippen LogP contribution is -2.41. The number of carbonyl (C=O) groups excluding carboxylic acids is 2. The van der Waals surface area contributed by atoms with Gasteiger partial charge in [0, 0.05) is 24.1 Å². The molecular weight excluding hydrogens is 320 g/mol. The molecule has 1 aromatic heterocycles. The predicted octanol–water partition coefficient (Wildman–Crippen LogP) is 2.86. The Labute approximate surface area is 117 Å². The number of thiophene rings is 1. The highest BCUT2D eigenvalue weighted by atomic mass is 79.9. The number of halogens is 1. The number of hydrogen-bond acceptors (Lipinski definition) is 5. The Balaban J connectivity index is 2.34. The predicted molar refractivity (Wildman–Crippen MR) is 71.2 cm³/mol. The van der Waals surface area contributed by atoms with Crippen molar-refractivity contribution in [3.63, 3.8) is 0 Å². The highest BCUT2D eigenvalue weighted by Crippen LogP contribution is 2.27. The van der Waals surface area contributed by atoms with Crippen LogP contribution >= 0.6 is 27.3 Å². The monoisotopic (exact) mass is 330 g/mol. The molecule has 1 aromatic rings. The van der Waals surface area contributed by atoms with E-state index in [0.717, 1.165) is 10.4 Å². The minimum absolute atomic E-state index is 0.0704. The Morgan fingerprint density at radius 2 is 1.94 bits per heavy atom. The first kappa shape index (κ1) is 13.3. The number of cyclic esters (lactones) is 2. The Hall–Kier alpha value is -1.14. The Kier molecular flexibility index (Phi) is 3.59. The minimum Gasteiger partial charge on any atom is -0.419 e. The minimum atomic E-state index is -1.20. The van der Waals surface area contributed by atoms with Gasteiger partial charge in [-0.15, -0.1) is 11.3 Å². The van der Waals surface area contributed by atoms with Gasteiger partial charge in [-0.3, -0.25) is 0 Å². The molecule has 96 valence electrons. The van der Waals surface area contributed by atoms with Crippen molar-refractivity contribution in [1.29, 1.82) is 0 Å². The molecule has 2 rings (SSSR count). The van der Waals surface area contributed by atoms with Crippen LogP contribution in [0.3, 0.4) is 0 Å². The summed E-state index contributed by atoms with van der Waals surface area (Å²) in [6, 6.07) is 1.93. The summed E-state index contributed by atoms with van der Waals surface area (Å²) in [4.78, 5) is 24.3. The summed E-state index contributed by atoms with van der Waals surface area (Å²) in [6.07, 6.45) is 1.52. The Bertz CT molecular complexity index is 508. The molecule has 1 saturated heterocycles. The maximum absolute atomic E-state index is 11.7. The molecule has 0 spiro atoms. The summed E-state index contributed by atoms with van der Waals surface area (Å²) >= 11 is 4.80. The fourth-order valence-corrected chi connectivity index (χ4v) is 3.02. The normalized spacial score (nSPS) is 18.3. The van der Waals surface area contributed by atoms with E-state index in [9.17, 15) is 9.59 Å². The lowest BCUT2D eigenvalue weighted by atomic mass is 10.1. The van der Waals surface area contributed by atoms with Crippen LogP contribution in [0.2, 0.25) is 0 Å². The average Bonchev–Trinajstić information content (AvgIpc) is 2.69. The Morgan fingerprint density at radius 3 is 2.50 bits per heavy atom. The summed E-state index contributed by atoms with van der Waals surface area (Å²) in [5.74, 6) is -2.49. The largest absolute Gasteiger partial charge is 0.419 e. The second kappa shape index (κ2) is 4.85. The van der Waals surface area contributed by atoms with E-state index in [1.54, 1.807) is 0 Å². The van der Waals surface area contributed by atoms with Gasteiger partial charge >= 0.3 is 11.9 Å². The summed E-state index contributed by atoms with van der Waals surface area (Å²) in [7, 11) is 0. The van der Waals surface area contributed by atoms with Gasteiger partial charge in [0.25, 0.3) is 5.79 Å². The van der Waals surface area contributed by atoms with E-state index in [0.29, 0.717) is 5.33 Å². The van der Waals surface area contributed by atoms with Crippen molar-refractivity contribution in [2.45, 2.75) is 25.0 Å². The van der Waals surface area contributed by atoms with Gasteiger partial charge in [0.1, 0.15) is 5.57 Å². The standard InChI is InChI=1S/C12H11BrO4S/c1-12(2)16-10(14)8(11(15)17-12)5-9-7(6-13)3-4-18-9/h3-5H,6H2,1-2H3. The quantitative estimate of drug-likeness (QED) is 0.362. The number of esters is 2. The number of alkyl halides is 1. The van der Waals surface area contributed by atoms with Crippen molar-refractivity contribution in [3.05, 3.63) is 27.5 Å². The zero-order valence-electron chi connectivity index (χ0n) is 9.86. The van der Waals surface area contributed by atoms with Crippen molar-refractivity contribution < 1.29 is 19.1 Å². The zero-order chi connectivity index (χ0) is 13.3. The van der Waals surface area contributed by atoms with Crippen LogP contribution in [-0.4, -0.2) is 17.7 Å². The van der Waals surface area contributed by atoms with Crippen molar-refractivity contribution in [3.8, 4) is 0 Å². The van der Waals surface area contributed by atoms with Crippen LogP contribution in [0.1, 0.15) is 24.3 Å². The third kappa shape index (κ3) is 2.64. The van der Waals surface area contributed by atoms with Gasteiger partial charge < -0.3 is 9.47 Å². The van der Waals surface area contributed by atoms with Crippen LogP contribution in [0.5, 0.6) is 0 Å². The van der Waals surface area contributed by atoms with E-state index in [1.165, 1.54) is 31.3 Å². The van der Waals surface area contributed by atoms with Crippen LogP contribution in [0.15, 0.2) is 17.0 Å². The molecule has 4 nitrogen and oxygen atoms in total. The SMILES string of the molecule is CC1(C)OC(=O)C(=Cc2sccc2CBr)C(=O)O1. The number of carbonyl (C=O) groups is 2. The molecule has 0 bridgehead atoms. The Morgan fingerprint density at radius 1 is 1.33 bits per heavy atom. The molecule has 0 unspecified atom stereocenters. The van der Waals surface area contributed by atoms with E-state index >= 15 is 0 Å². The summed E-state index contributed by atoms with van der Waals surface area (Å²) in [5.41, 5.74) is 0.942. The van der Waals surface area contributed by atoms with Gasteiger partial charge in [0.2, 0.25) is 0 Å². The molecule has 0 N–H and O–H groups in total. The molecule has 1 aliphatic heterocycles. The number of ether oxygens (including phenoxy) is 2. The molecular formula is C12H11BrO4S. The molecule has 0 amide bonds. The van der Waals surface area contributed by atoms with Crippen LogP contribution in [-0.2, 0) is 24.4 Å². The van der Waals surface area contributed by atoms with Gasteiger partial charge in [-0.05, 0) is 23.1 Å². The van der Waals surface area contributed by atoms with E-state index in [1.807, 2.05) is 11.4 Å². The maximum atomic E-state index is 11.7. The third-order valence-corrected chi connectivity index (χ3v) is 3.83. The van der Waals surface area contributed by atoms with Crippen molar-refractivity contribution >= 4 is 45.3 Å². The van der Waals surface area contributed by atoms with Crippen LogP contribution in [0, 0.1) is 0 Å². The fourth-order valence-electron chi connectivity index (χ4n) is 1.49. The summed E-state index contributed by atoms with van der Waals surface area (Å²) in [6.45, 7) is 3.04. The van der Waals surface area contributed by atoms with Crippen molar-refractivity contribution in [2.75, 3.05) is 0 Å². The first-order valence-corrected chi connectivity index (χ1v) is 7.24. The highest BCUT2D eigenvalue weighted by Gasteiger charge is 2.38. The van der Waals surface area contributed by atoms with E-state index in [-0.39, 0.29) is 5.57 Å². The first-order valence-electron chi connectivity index (χ1n) is 5.23. The van der Waals surface area contributed by atoms with Gasteiger partial charge in [0.15, 0.2) is 0 Å². The van der Waals surface area contributed by atoms with Crippen molar-refractivity contribution in [1.82, 2.24) is 0 Å². The molecule has 18 heavy (non-hydrogen) atoms. The highest BCUT2D eigenvalue weighted by molar-refractivity contribution is 9.08. The fraction of sp³-hybridized carbons (Fsp3) is 0.333. The number of hydrogen-bond donors (Lipinski definition) is 0. The lowest BCUT2D eigenvalue weighted by molar-refractivity contribution is -0.222. The van der Waals surface area contributed by atoms with E-state index < -0.39 is 17.7 Å². The first-order chi connectivity index (χ1) is 8.43. The summed E-state index contributed by atoms with van der Waals surface area (Å²) in [5, 5.41) is 2.55. The van der Waals surface area contributed by atoms with Gasteiger partial charge in [-0.2, -0.15) is 0 Å². The smallest absolute Gasteiger partial charge is 0.348 e. The average molecular weight is 331 g/mol. The third-order valence-electron chi connectivity index (χ3n) is 2.32. The maximum Gasteiger partial charge on any atom is 0.348 e. The summed E-state index contributed by atoms with van der Waals surface area (Å²) < 4.78 is 10.0. The molecule has 1 aliphatic rings. The second-order valence-corrected chi connectivity index (χ2v) is 5.69. The second-order valence-electron chi connectivity index (χ2n) is 4.18. The van der Waals surface area contributed by atoms with Gasteiger partial charge in [-0.25, -0.2) is 9.59 Å². The molecule has 0 aliphatic carbocycles. The van der Waals surface area contributed by atoms with Crippen LogP contribution in [0.4, 0.5) is 0 Å². The van der Waals surface area contributed by atoms with Crippen molar-refractivity contribution in [2.24, 2.45) is 0 Å². The molecule has 0 radical (unpaired) electrons. The van der Waals surface area contributed by atoms with Gasteiger partial charge in [0.05, 0.1) is 0 Å². The van der Waals surface area contributed by atoms with E-state index in [2.05, 4.69) is 15.9 Å². The lowest BCUT2D eigenvalue weighted by Gasteiger charge is -2.29. The zero-order valence-corrected chi connectivity index (χ0v) is 12.3. The van der Waals surface area contributed by atoms with Gasteiger partial charge in [-0.1, -0.05) is 15.9 Å². The molecule has 6 heteroatoms. The molecule has 1 fully saturated rings.